The lowest BCUT2D eigenvalue weighted by Crippen LogP contribution is -1.96. The normalized spacial score (nSPS) is 13.6. The number of pyridine rings is 2. The Morgan fingerprint density at radius 2 is 1.22 bits per heavy atom. The SMILES string of the molecule is c1cc2cc(c1)-n1c3ccccc3c3ccc(cc31)-c1ccc(cn1)CCCCCc1ccc-2nc1. The minimum atomic E-state index is 1.01. The molecule has 7 heterocycles. The smallest absolute Gasteiger partial charge is 0.0702 e. The summed E-state index contributed by atoms with van der Waals surface area (Å²) in [5.74, 6) is 0. The van der Waals surface area contributed by atoms with Crippen molar-refractivity contribution in [1.82, 2.24) is 14.5 Å². The highest BCUT2D eigenvalue weighted by Gasteiger charge is 2.14. The molecule has 3 aromatic carbocycles. The number of para-hydroxylation sites is 1. The van der Waals surface area contributed by atoms with Crippen molar-refractivity contribution in [2.45, 2.75) is 32.1 Å². The van der Waals surface area contributed by atoms with Gasteiger partial charge < -0.3 is 4.57 Å². The molecular formula is C33H27N3. The number of aromatic nitrogens is 3. The zero-order chi connectivity index (χ0) is 23.9. The summed E-state index contributed by atoms with van der Waals surface area (Å²) in [6, 6.07) is 33.0. The maximum absolute atomic E-state index is 4.85. The van der Waals surface area contributed by atoms with Crippen LogP contribution in [0.4, 0.5) is 0 Å². The molecule has 3 aromatic heterocycles. The summed E-state index contributed by atoms with van der Waals surface area (Å²) in [6.07, 6.45) is 9.85. The summed E-state index contributed by atoms with van der Waals surface area (Å²) in [7, 11) is 0. The Kier molecular flexibility index (Phi) is 5.13. The van der Waals surface area contributed by atoms with Gasteiger partial charge in [0.2, 0.25) is 0 Å². The third-order valence-electron chi connectivity index (χ3n) is 7.45. The van der Waals surface area contributed by atoms with Gasteiger partial charge in [0.05, 0.1) is 22.4 Å². The molecule has 0 amide bonds. The van der Waals surface area contributed by atoms with Crippen LogP contribution < -0.4 is 0 Å². The number of benzene rings is 3. The van der Waals surface area contributed by atoms with Crippen molar-refractivity contribution in [3.8, 4) is 28.2 Å². The molecule has 174 valence electrons. The van der Waals surface area contributed by atoms with E-state index in [9.17, 15) is 0 Å². The zero-order valence-electron chi connectivity index (χ0n) is 20.2. The third-order valence-corrected chi connectivity index (χ3v) is 7.45. The van der Waals surface area contributed by atoms with E-state index in [-0.39, 0.29) is 0 Å². The van der Waals surface area contributed by atoms with E-state index in [0.717, 1.165) is 41.0 Å². The molecule has 4 aliphatic heterocycles. The zero-order valence-corrected chi connectivity index (χ0v) is 20.2. The molecule has 3 nitrogen and oxygen atoms in total. The molecule has 0 saturated heterocycles. The maximum Gasteiger partial charge on any atom is 0.0702 e. The fourth-order valence-electron chi connectivity index (χ4n) is 5.53. The van der Waals surface area contributed by atoms with Crippen LogP contribution in [0.1, 0.15) is 30.4 Å². The van der Waals surface area contributed by atoms with Crippen molar-refractivity contribution in [2.75, 3.05) is 0 Å². The van der Waals surface area contributed by atoms with Gasteiger partial charge in [-0.3, -0.25) is 9.97 Å². The van der Waals surface area contributed by atoms with Crippen LogP contribution in [0.5, 0.6) is 0 Å². The molecule has 0 spiro atoms. The van der Waals surface area contributed by atoms with Crippen molar-refractivity contribution in [3.05, 3.63) is 115 Å². The van der Waals surface area contributed by atoms with Crippen LogP contribution in [0, 0.1) is 0 Å². The Hall–Kier alpha value is -4.24. The second-order valence-electron chi connectivity index (χ2n) is 9.80. The summed E-state index contributed by atoms with van der Waals surface area (Å²) < 4.78 is 2.37. The quantitative estimate of drug-likeness (QED) is 0.226. The number of aryl methyl sites for hydroxylation is 2. The summed E-state index contributed by atoms with van der Waals surface area (Å²) in [4.78, 5) is 9.69. The Labute approximate surface area is 211 Å². The monoisotopic (exact) mass is 465 g/mol. The number of hydrogen-bond acceptors (Lipinski definition) is 2. The summed E-state index contributed by atoms with van der Waals surface area (Å²) >= 11 is 0. The van der Waals surface area contributed by atoms with E-state index in [2.05, 4.69) is 108 Å². The molecule has 3 heteroatoms. The third kappa shape index (κ3) is 3.68. The van der Waals surface area contributed by atoms with E-state index in [1.807, 2.05) is 0 Å². The van der Waals surface area contributed by atoms with Gasteiger partial charge in [0.25, 0.3) is 0 Å². The van der Waals surface area contributed by atoms with Crippen LogP contribution in [0.2, 0.25) is 0 Å². The topological polar surface area (TPSA) is 30.7 Å². The first-order chi connectivity index (χ1) is 17.8. The van der Waals surface area contributed by atoms with E-state index < -0.39 is 0 Å². The highest BCUT2D eigenvalue weighted by atomic mass is 15.0. The van der Waals surface area contributed by atoms with Crippen LogP contribution in [-0.4, -0.2) is 14.5 Å². The molecule has 0 atom stereocenters. The van der Waals surface area contributed by atoms with E-state index in [1.54, 1.807) is 0 Å². The lowest BCUT2D eigenvalue weighted by Gasteiger charge is -2.11. The van der Waals surface area contributed by atoms with E-state index in [0.29, 0.717) is 0 Å². The number of fused-ring (bicyclic) bond motifs is 2. The molecule has 36 heavy (non-hydrogen) atoms. The van der Waals surface area contributed by atoms with Gasteiger partial charge in [0.15, 0.2) is 0 Å². The Balaban J connectivity index is 1.47. The first-order valence-electron chi connectivity index (χ1n) is 12.9. The maximum atomic E-state index is 4.85. The molecule has 8 bridgehead atoms. The number of rotatable bonds is 0. The molecule has 0 unspecified atom stereocenters. The summed E-state index contributed by atoms with van der Waals surface area (Å²) in [6.45, 7) is 0. The van der Waals surface area contributed by atoms with Crippen LogP contribution in [0.25, 0.3) is 50.0 Å². The molecule has 0 saturated carbocycles. The second-order valence-corrected chi connectivity index (χ2v) is 9.80. The Morgan fingerprint density at radius 3 is 1.94 bits per heavy atom. The van der Waals surface area contributed by atoms with Gasteiger partial charge in [0, 0.05) is 40.0 Å². The molecule has 0 N–H and O–H groups in total. The van der Waals surface area contributed by atoms with Gasteiger partial charge in [0.1, 0.15) is 0 Å². The van der Waals surface area contributed by atoms with E-state index >= 15 is 0 Å². The largest absolute Gasteiger partial charge is 0.309 e. The van der Waals surface area contributed by atoms with Crippen LogP contribution in [0.3, 0.4) is 0 Å². The fraction of sp³-hybridized carbons (Fsp3) is 0.152. The molecule has 10 rings (SSSR count). The van der Waals surface area contributed by atoms with Gasteiger partial charge in [-0.05, 0) is 73.2 Å². The van der Waals surface area contributed by atoms with E-state index in [4.69, 9.17) is 9.97 Å². The van der Waals surface area contributed by atoms with Crippen molar-refractivity contribution < 1.29 is 0 Å². The molecule has 4 aliphatic rings. The van der Waals surface area contributed by atoms with Gasteiger partial charge in [-0.25, -0.2) is 0 Å². The molecule has 6 aromatic rings. The van der Waals surface area contributed by atoms with Crippen molar-refractivity contribution >= 4 is 21.8 Å². The fourth-order valence-corrected chi connectivity index (χ4v) is 5.53. The van der Waals surface area contributed by atoms with Crippen LogP contribution in [-0.2, 0) is 12.8 Å². The van der Waals surface area contributed by atoms with Gasteiger partial charge >= 0.3 is 0 Å². The number of hydrogen-bond donors (Lipinski definition) is 0. The van der Waals surface area contributed by atoms with Crippen molar-refractivity contribution in [2.24, 2.45) is 0 Å². The highest BCUT2D eigenvalue weighted by molar-refractivity contribution is 6.10. The van der Waals surface area contributed by atoms with E-state index in [1.165, 1.54) is 52.2 Å². The second kappa shape index (κ2) is 8.76. The van der Waals surface area contributed by atoms with Gasteiger partial charge in [-0.2, -0.15) is 0 Å². The Bertz CT molecular complexity index is 1690. The minimum Gasteiger partial charge on any atom is -0.309 e. The molecular weight excluding hydrogens is 438 g/mol. The first kappa shape index (κ1) is 21.1. The minimum absolute atomic E-state index is 1.01. The Morgan fingerprint density at radius 1 is 0.528 bits per heavy atom. The lowest BCUT2D eigenvalue weighted by atomic mass is 10.0. The lowest BCUT2D eigenvalue weighted by molar-refractivity contribution is 0.676. The van der Waals surface area contributed by atoms with Gasteiger partial charge in [-0.15, -0.1) is 0 Å². The average molecular weight is 466 g/mol. The standard InChI is InChI=1S/C33H27N3/c1-2-7-23-13-17-30(34-21-23)25-9-6-10-27(19-25)36-32-12-5-4-11-28(32)29-16-15-26(20-33(29)36)31-18-14-24(8-3-1)22-35-31/h4-6,9-22H,1-3,7-8H2. The summed E-state index contributed by atoms with van der Waals surface area (Å²) in [5, 5.41) is 2.51. The first-order valence-corrected chi connectivity index (χ1v) is 12.9. The van der Waals surface area contributed by atoms with Crippen LogP contribution in [0.15, 0.2) is 103 Å². The molecule has 0 fully saturated rings. The van der Waals surface area contributed by atoms with Crippen molar-refractivity contribution in [3.63, 3.8) is 0 Å². The highest BCUT2D eigenvalue weighted by Crippen LogP contribution is 2.35. The average Bonchev–Trinajstić information content (AvgIpc) is 3.27. The molecule has 0 aliphatic carbocycles. The van der Waals surface area contributed by atoms with Gasteiger partial charge in [-0.1, -0.05) is 61.0 Å². The van der Waals surface area contributed by atoms with Crippen LogP contribution >= 0.6 is 0 Å². The predicted molar refractivity (Wildman–Crippen MR) is 149 cm³/mol. The summed E-state index contributed by atoms with van der Waals surface area (Å²) in [5.41, 5.74) is 10.5. The number of nitrogens with zero attached hydrogens (tertiary/aromatic N) is 3. The molecule has 0 radical (unpaired) electrons. The van der Waals surface area contributed by atoms with Crippen molar-refractivity contribution in [1.29, 1.82) is 0 Å². The predicted octanol–water partition coefficient (Wildman–Crippen LogP) is 8.18.